The Morgan fingerprint density at radius 2 is 1.70 bits per heavy atom. The van der Waals surface area contributed by atoms with Gasteiger partial charge < -0.3 is 44.6 Å². The van der Waals surface area contributed by atoms with E-state index in [0.29, 0.717) is 5.39 Å². The summed E-state index contributed by atoms with van der Waals surface area (Å²) in [7, 11) is -9.93. The van der Waals surface area contributed by atoms with Crippen molar-refractivity contribution >= 4 is 43.7 Å². The number of aromatic nitrogens is 7. The van der Waals surface area contributed by atoms with Crippen LogP contribution in [-0.4, -0.2) is 97.8 Å². The van der Waals surface area contributed by atoms with Crippen LogP contribution in [0, 0.1) is 5.92 Å². The van der Waals surface area contributed by atoms with Crippen molar-refractivity contribution in [1.29, 1.82) is 0 Å². The fraction of sp³-hybridized carbons (Fsp3) is 0.500. The van der Waals surface area contributed by atoms with Gasteiger partial charge in [-0.1, -0.05) is 0 Å². The number of nitrogens with two attached hydrogens (primary N) is 1. The molecular formula is C22H26N8O12P2. The molecule has 2 saturated heterocycles. The van der Waals surface area contributed by atoms with E-state index < -0.39 is 83.1 Å². The molecule has 0 aromatic carbocycles. The van der Waals surface area contributed by atoms with Gasteiger partial charge in [-0.15, -0.1) is 0 Å². The van der Waals surface area contributed by atoms with E-state index >= 15 is 0 Å². The highest BCUT2D eigenvalue weighted by Gasteiger charge is 2.53. The Bertz CT molecular complexity index is 1880. The van der Waals surface area contributed by atoms with Gasteiger partial charge in [0.15, 0.2) is 17.4 Å². The number of aromatic amines is 1. The lowest BCUT2D eigenvalue weighted by molar-refractivity contribution is -0.0550. The number of hydrogen-bond acceptors (Lipinski definition) is 15. The molecule has 2 aliphatic heterocycles. The second-order valence-corrected chi connectivity index (χ2v) is 13.4. The number of aliphatic hydroxyl groups excluding tert-OH is 2. The Hall–Kier alpha value is -3.13. The number of hydrogen-bond donors (Lipinski definition) is 6. The van der Waals surface area contributed by atoms with Crippen LogP contribution in [0.2, 0.25) is 0 Å². The number of aliphatic hydroxyl groups is 2. The lowest BCUT2D eigenvalue weighted by Crippen LogP contribution is -2.36. The maximum absolute atomic E-state index is 13.2. The van der Waals surface area contributed by atoms with E-state index in [9.17, 15) is 33.9 Å². The minimum Gasteiger partial charge on any atom is -0.390 e. The maximum Gasteiger partial charge on any atom is 0.472 e. The number of phosphoric ester groups is 2. The number of nitrogen functional groups attached to an aromatic ring is 1. The summed E-state index contributed by atoms with van der Waals surface area (Å²) in [4.78, 5) is 52.2. The third kappa shape index (κ3) is 5.07. The Morgan fingerprint density at radius 3 is 2.50 bits per heavy atom. The van der Waals surface area contributed by atoms with Crippen molar-refractivity contribution in [3.8, 4) is 0 Å². The fourth-order valence-electron chi connectivity index (χ4n) is 5.89. The molecule has 2 bridgehead atoms. The summed E-state index contributed by atoms with van der Waals surface area (Å²) in [5.41, 5.74) is 5.74. The van der Waals surface area contributed by atoms with Crippen molar-refractivity contribution < 1.29 is 52.0 Å². The molecule has 10 atom stereocenters. The number of nitrogens with one attached hydrogen (secondary N) is 1. The van der Waals surface area contributed by atoms with Gasteiger partial charge in [0.25, 0.3) is 5.56 Å². The maximum atomic E-state index is 13.2. The van der Waals surface area contributed by atoms with E-state index in [0.717, 1.165) is 6.33 Å². The van der Waals surface area contributed by atoms with E-state index in [2.05, 4.69) is 24.9 Å². The summed E-state index contributed by atoms with van der Waals surface area (Å²) >= 11 is 0. The first-order chi connectivity index (χ1) is 20.9. The van der Waals surface area contributed by atoms with Crippen LogP contribution in [0.15, 0.2) is 36.0 Å². The zero-order valence-corrected chi connectivity index (χ0v) is 24.1. The first-order valence-electron chi connectivity index (χ1n) is 13.2. The van der Waals surface area contributed by atoms with Crippen LogP contribution in [0.4, 0.5) is 5.82 Å². The number of ether oxygens (including phenoxy) is 1. The molecule has 6 unspecified atom stereocenters. The zero-order chi connectivity index (χ0) is 31.0. The van der Waals surface area contributed by atoms with Crippen molar-refractivity contribution in [2.24, 2.45) is 5.92 Å². The summed E-state index contributed by atoms with van der Waals surface area (Å²) in [6.45, 7) is -1.32. The van der Waals surface area contributed by atoms with E-state index in [-0.39, 0.29) is 29.0 Å². The minimum atomic E-state index is -4.99. The third-order valence-corrected chi connectivity index (χ3v) is 9.92. The lowest BCUT2D eigenvalue weighted by Gasteiger charge is -2.26. The number of phosphoric acid groups is 2. The number of nitrogens with zero attached hydrogens (tertiary/aromatic N) is 6. The van der Waals surface area contributed by atoms with Gasteiger partial charge in [-0.3, -0.25) is 22.9 Å². The molecule has 4 aromatic heterocycles. The minimum absolute atomic E-state index is 0.0165. The number of H-pyrrole nitrogens is 1. The Labute approximate surface area is 245 Å². The highest BCUT2D eigenvalue weighted by Crippen LogP contribution is 2.55. The van der Waals surface area contributed by atoms with Gasteiger partial charge in [0.2, 0.25) is 0 Å². The highest BCUT2D eigenvalue weighted by molar-refractivity contribution is 7.47. The molecule has 0 spiro atoms. The Morgan fingerprint density at radius 1 is 0.955 bits per heavy atom. The first kappa shape index (κ1) is 29.6. The van der Waals surface area contributed by atoms with Crippen LogP contribution >= 0.6 is 15.6 Å². The largest absolute Gasteiger partial charge is 0.472 e. The summed E-state index contributed by atoms with van der Waals surface area (Å²) < 4.78 is 56.3. The average molecular weight is 656 g/mol. The molecule has 4 aromatic rings. The van der Waals surface area contributed by atoms with Gasteiger partial charge >= 0.3 is 15.6 Å². The predicted molar refractivity (Wildman–Crippen MR) is 144 cm³/mol. The van der Waals surface area contributed by atoms with Crippen LogP contribution < -0.4 is 11.3 Å². The first-order valence-corrected chi connectivity index (χ1v) is 16.2. The average Bonchev–Trinajstić information content (AvgIpc) is 3.73. The second-order valence-electron chi connectivity index (χ2n) is 10.6. The molecule has 0 radical (unpaired) electrons. The molecule has 22 heteroatoms. The molecule has 7 N–H and O–H groups in total. The molecule has 20 nitrogen and oxygen atoms in total. The van der Waals surface area contributed by atoms with Crippen LogP contribution in [0.5, 0.6) is 0 Å². The third-order valence-electron chi connectivity index (χ3n) is 7.95. The number of fused-ring (bicyclic) bond motifs is 5. The Kier molecular flexibility index (Phi) is 7.22. The highest BCUT2D eigenvalue weighted by atomic mass is 31.2. The van der Waals surface area contributed by atoms with Gasteiger partial charge in [0, 0.05) is 12.1 Å². The van der Waals surface area contributed by atoms with Crippen LogP contribution in [0.3, 0.4) is 0 Å². The van der Waals surface area contributed by atoms with Gasteiger partial charge in [-0.05, 0) is 12.5 Å². The molecular weight excluding hydrogens is 630 g/mol. The number of imidazole rings is 1. The van der Waals surface area contributed by atoms with Crippen molar-refractivity contribution in [2.75, 3.05) is 18.9 Å². The molecule has 3 fully saturated rings. The van der Waals surface area contributed by atoms with Crippen molar-refractivity contribution in [3.63, 3.8) is 0 Å². The standard InChI is InChI=1S/C22H26N8O12P2/c23-18-10-1-2-29(19(10)25-6-24-18)22-15(32)17-12(40-22)5-39-44(36,37)41-16-11(3-9(14(16)31)4-38-43(34,35)42-17)30-8-28-13-20(30)26-7-27-21(13)33/h1-2,6-9,11-12,14-17,22,31-32H,3-5H2,(H,34,35)(H,36,37)(H2,23,24,25)(H,26,27,33)/t9-,11-,12-,14?,15?,16?,17?,22-/m1/s1. The number of anilines is 1. The smallest absolute Gasteiger partial charge is 0.390 e. The topological polar surface area (TPSA) is 282 Å². The molecule has 6 heterocycles. The van der Waals surface area contributed by atoms with Crippen LogP contribution in [0.1, 0.15) is 18.7 Å². The lowest BCUT2D eigenvalue weighted by atomic mass is 10.1. The van der Waals surface area contributed by atoms with E-state index in [1.54, 1.807) is 6.07 Å². The number of rotatable bonds is 2. The van der Waals surface area contributed by atoms with Crippen LogP contribution in [-0.2, 0) is 32.0 Å². The van der Waals surface area contributed by atoms with Gasteiger partial charge in [0.05, 0.1) is 43.4 Å². The fourth-order valence-corrected chi connectivity index (χ4v) is 7.87. The summed E-state index contributed by atoms with van der Waals surface area (Å²) in [6.07, 6.45) is -3.73. The molecule has 1 saturated carbocycles. The van der Waals surface area contributed by atoms with Crippen molar-refractivity contribution in [2.45, 2.75) is 49.2 Å². The summed E-state index contributed by atoms with van der Waals surface area (Å²) in [5.74, 6) is -0.768. The second kappa shape index (κ2) is 10.7. The molecule has 236 valence electrons. The van der Waals surface area contributed by atoms with E-state index in [1.165, 1.54) is 28.0 Å². The van der Waals surface area contributed by atoms with Crippen molar-refractivity contribution in [1.82, 2.24) is 34.1 Å². The normalized spacial score (nSPS) is 38.3. The SMILES string of the molecule is Nc1ncnc2c1ccn2[C@@H]1O[C@@H]2COP(=O)(O)OC3C(O)[C@@H](COP(=O)(O)OC2C1O)C[C@H]3n1cnc2c(=O)[nH]cnc21. The molecule has 7 rings (SSSR count). The van der Waals surface area contributed by atoms with E-state index in [4.69, 9.17) is 28.6 Å². The zero-order valence-electron chi connectivity index (χ0n) is 22.3. The molecule has 0 amide bonds. The predicted octanol–water partition coefficient (Wildman–Crippen LogP) is -0.655. The van der Waals surface area contributed by atoms with Gasteiger partial charge in [0.1, 0.15) is 42.2 Å². The summed E-state index contributed by atoms with van der Waals surface area (Å²) in [5, 5.41) is 22.7. The quantitative estimate of drug-likeness (QED) is 0.146. The Balaban J connectivity index is 1.20. The van der Waals surface area contributed by atoms with E-state index in [1.807, 2.05) is 0 Å². The van der Waals surface area contributed by atoms with Crippen LogP contribution in [0.25, 0.3) is 22.2 Å². The van der Waals surface area contributed by atoms with Gasteiger partial charge in [-0.25, -0.2) is 29.1 Å². The monoisotopic (exact) mass is 656 g/mol. The molecule has 1 aliphatic carbocycles. The van der Waals surface area contributed by atoms with Crippen molar-refractivity contribution in [3.05, 3.63) is 41.6 Å². The summed E-state index contributed by atoms with van der Waals surface area (Å²) in [6, 6.07) is 0.650. The molecule has 3 aliphatic rings. The molecule has 44 heavy (non-hydrogen) atoms. The van der Waals surface area contributed by atoms with Gasteiger partial charge in [-0.2, -0.15) is 0 Å².